The molecule has 0 radical (unpaired) electrons. The Hall–Kier alpha value is -2.40. The number of hydrogen-bond acceptors (Lipinski definition) is 8. The summed E-state index contributed by atoms with van der Waals surface area (Å²) in [6, 6.07) is 5.24. The number of carboxylic acids is 1. The van der Waals surface area contributed by atoms with Gasteiger partial charge in [0.1, 0.15) is 0 Å². The number of nitrogens with zero attached hydrogens (tertiary/aromatic N) is 2. The number of carboxylic acid groups (broad SMARTS) is 1. The first-order valence-corrected chi connectivity index (χ1v) is 13.0. The molecule has 10 heteroatoms. The molecule has 2 saturated heterocycles. The highest BCUT2D eigenvalue weighted by molar-refractivity contribution is 5.79. The van der Waals surface area contributed by atoms with Crippen molar-refractivity contribution in [2.24, 2.45) is 5.92 Å². The van der Waals surface area contributed by atoms with Crippen molar-refractivity contribution < 1.29 is 38.7 Å². The first kappa shape index (κ1) is 26.7. The third kappa shape index (κ3) is 6.29. The third-order valence-corrected chi connectivity index (χ3v) is 7.31. The molecule has 1 aromatic rings. The quantitative estimate of drug-likeness (QED) is 0.414. The van der Waals surface area contributed by atoms with Crippen LogP contribution < -0.4 is 9.47 Å². The number of aliphatic carboxylic acids is 1. The van der Waals surface area contributed by atoms with Gasteiger partial charge in [-0.1, -0.05) is 19.4 Å². The van der Waals surface area contributed by atoms with Crippen molar-refractivity contribution in [3.05, 3.63) is 23.8 Å². The molecular weight excluding hydrogens is 468 g/mol. The van der Waals surface area contributed by atoms with Gasteiger partial charge < -0.3 is 34.1 Å². The molecule has 1 aromatic carbocycles. The molecule has 36 heavy (non-hydrogen) atoms. The number of unbranched alkanes of at least 4 members (excludes halogenated alkanes) is 1. The van der Waals surface area contributed by atoms with Gasteiger partial charge in [0.05, 0.1) is 25.7 Å². The van der Waals surface area contributed by atoms with E-state index in [1.807, 2.05) is 23.1 Å². The maximum atomic E-state index is 13.4. The third-order valence-electron chi connectivity index (χ3n) is 7.31. The van der Waals surface area contributed by atoms with Crippen LogP contribution in [0.2, 0.25) is 0 Å². The molecule has 0 aromatic heterocycles. The van der Waals surface area contributed by atoms with Gasteiger partial charge in [0.2, 0.25) is 12.7 Å². The molecule has 2 N–H and O–H groups in total. The van der Waals surface area contributed by atoms with Crippen LogP contribution in [0.3, 0.4) is 0 Å². The van der Waals surface area contributed by atoms with Gasteiger partial charge in [0, 0.05) is 38.2 Å². The molecule has 1 amide bonds. The molecule has 3 atom stereocenters. The van der Waals surface area contributed by atoms with Gasteiger partial charge in [0.25, 0.3) is 0 Å². The second kappa shape index (κ2) is 12.7. The Balaban J connectivity index is 1.55. The molecule has 10 nitrogen and oxygen atoms in total. The molecule has 3 unspecified atom stereocenters. The predicted molar refractivity (Wildman–Crippen MR) is 130 cm³/mol. The molecule has 0 aliphatic carbocycles. The van der Waals surface area contributed by atoms with Gasteiger partial charge in [0.15, 0.2) is 17.8 Å². The van der Waals surface area contributed by atoms with Gasteiger partial charge in [-0.25, -0.2) is 0 Å². The number of aliphatic hydroxyl groups excluding tert-OH is 1. The molecule has 3 aliphatic rings. The maximum Gasteiger partial charge on any atom is 0.308 e. The van der Waals surface area contributed by atoms with Crippen molar-refractivity contribution in [2.45, 2.75) is 57.3 Å². The number of fused-ring (bicyclic) bond motifs is 1. The number of rotatable bonds is 13. The van der Waals surface area contributed by atoms with E-state index in [1.54, 1.807) is 4.90 Å². The molecular formula is C26H38N2O8. The van der Waals surface area contributed by atoms with Crippen LogP contribution in [-0.2, 0) is 19.1 Å². The average Bonchev–Trinajstić information content (AvgIpc) is 3.62. The molecule has 0 spiro atoms. The van der Waals surface area contributed by atoms with Crippen molar-refractivity contribution in [3.8, 4) is 11.5 Å². The summed E-state index contributed by atoms with van der Waals surface area (Å²) in [6.45, 7) is 5.03. The minimum atomic E-state index is -0.881. The lowest BCUT2D eigenvalue weighted by Gasteiger charge is -2.30. The number of benzene rings is 1. The Bertz CT molecular complexity index is 883. The highest BCUT2D eigenvalue weighted by atomic mass is 16.7. The topological polar surface area (TPSA) is 118 Å². The van der Waals surface area contributed by atoms with Crippen LogP contribution in [0.4, 0.5) is 0 Å². The Kier molecular flexibility index (Phi) is 9.41. The highest BCUT2D eigenvalue weighted by Gasteiger charge is 2.47. The van der Waals surface area contributed by atoms with Crippen molar-refractivity contribution >= 4 is 11.9 Å². The summed E-state index contributed by atoms with van der Waals surface area (Å²) in [5.41, 5.74) is 0.864. The van der Waals surface area contributed by atoms with Gasteiger partial charge in [-0.15, -0.1) is 0 Å². The molecule has 200 valence electrons. The van der Waals surface area contributed by atoms with E-state index in [-0.39, 0.29) is 44.1 Å². The first-order chi connectivity index (χ1) is 17.5. The Morgan fingerprint density at radius 1 is 1.08 bits per heavy atom. The van der Waals surface area contributed by atoms with Crippen LogP contribution in [-0.4, -0.2) is 97.0 Å². The normalized spacial score (nSPS) is 23.9. The SMILES string of the molecule is CCCCN(CCCO)C(=O)CN1CC(c2ccc3c(c2)OCO3)C(C(=O)O)C1CCC1OCCO1. The fraction of sp³-hybridized carbons (Fsp3) is 0.692. The zero-order chi connectivity index (χ0) is 25.5. The van der Waals surface area contributed by atoms with Gasteiger partial charge in [-0.2, -0.15) is 0 Å². The van der Waals surface area contributed by atoms with E-state index in [1.165, 1.54) is 0 Å². The lowest BCUT2D eigenvalue weighted by Crippen LogP contribution is -2.45. The minimum absolute atomic E-state index is 0.0247. The average molecular weight is 507 g/mol. The maximum absolute atomic E-state index is 13.4. The van der Waals surface area contributed by atoms with E-state index < -0.39 is 11.9 Å². The molecule has 3 heterocycles. The fourth-order valence-corrected chi connectivity index (χ4v) is 5.46. The summed E-state index contributed by atoms with van der Waals surface area (Å²) >= 11 is 0. The van der Waals surface area contributed by atoms with Gasteiger partial charge >= 0.3 is 5.97 Å². The summed E-state index contributed by atoms with van der Waals surface area (Å²) in [5.74, 6) is -0.647. The zero-order valence-corrected chi connectivity index (χ0v) is 21.0. The number of hydrogen-bond donors (Lipinski definition) is 2. The summed E-state index contributed by atoms with van der Waals surface area (Å²) in [7, 11) is 0. The summed E-state index contributed by atoms with van der Waals surface area (Å²) in [6.07, 6.45) is 3.14. The Morgan fingerprint density at radius 2 is 1.83 bits per heavy atom. The standard InChI is InChI=1S/C26H38N2O8/c1-2-3-9-27(10-4-11-29)23(30)16-28-15-19(18-5-7-21-22(14-18)36-17-35-21)25(26(31)32)20(28)6-8-24-33-12-13-34-24/h5,7,14,19-20,24-25,29H,2-4,6,8-13,15-17H2,1H3,(H,31,32). The number of carbonyl (C=O) groups excluding carboxylic acids is 1. The number of likely N-dealkylation sites (tertiary alicyclic amines) is 1. The Morgan fingerprint density at radius 3 is 2.56 bits per heavy atom. The first-order valence-electron chi connectivity index (χ1n) is 13.0. The number of amides is 1. The Labute approximate surface area is 212 Å². The lowest BCUT2D eigenvalue weighted by molar-refractivity contribution is -0.144. The van der Waals surface area contributed by atoms with Crippen LogP contribution in [0.15, 0.2) is 18.2 Å². The monoisotopic (exact) mass is 506 g/mol. The van der Waals surface area contributed by atoms with Crippen LogP contribution >= 0.6 is 0 Å². The van der Waals surface area contributed by atoms with Gasteiger partial charge in [-0.05, 0) is 43.4 Å². The van der Waals surface area contributed by atoms with E-state index in [0.717, 1.165) is 18.4 Å². The van der Waals surface area contributed by atoms with Crippen LogP contribution in [0.5, 0.6) is 11.5 Å². The lowest BCUT2D eigenvalue weighted by atomic mass is 9.83. The van der Waals surface area contributed by atoms with Crippen molar-refractivity contribution in [1.29, 1.82) is 0 Å². The molecule has 0 saturated carbocycles. The summed E-state index contributed by atoms with van der Waals surface area (Å²) < 4.78 is 22.2. The second-order valence-corrected chi connectivity index (χ2v) is 9.64. The summed E-state index contributed by atoms with van der Waals surface area (Å²) in [5, 5.41) is 19.6. The van der Waals surface area contributed by atoms with Crippen LogP contribution in [0, 0.1) is 5.92 Å². The molecule has 2 fully saturated rings. The smallest absolute Gasteiger partial charge is 0.308 e. The van der Waals surface area contributed by atoms with Crippen LogP contribution in [0.1, 0.15) is 50.5 Å². The fourth-order valence-electron chi connectivity index (χ4n) is 5.46. The predicted octanol–water partition coefficient (Wildman–Crippen LogP) is 2.05. The van der Waals surface area contributed by atoms with E-state index in [4.69, 9.17) is 18.9 Å². The van der Waals surface area contributed by atoms with Crippen molar-refractivity contribution in [3.63, 3.8) is 0 Å². The van der Waals surface area contributed by atoms with E-state index in [0.29, 0.717) is 63.6 Å². The van der Waals surface area contributed by atoms with E-state index in [2.05, 4.69) is 6.92 Å². The van der Waals surface area contributed by atoms with Crippen LogP contribution in [0.25, 0.3) is 0 Å². The zero-order valence-electron chi connectivity index (χ0n) is 21.0. The molecule has 4 rings (SSSR count). The van der Waals surface area contributed by atoms with Crippen molar-refractivity contribution in [2.75, 3.05) is 52.8 Å². The summed E-state index contributed by atoms with van der Waals surface area (Å²) in [4.78, 5) is 29.8. The largest absolute Gasteiger partial charge is 0.481 e. The molecule has 0 bridgehead atoms. The van der Waals surface area contributed by atoms with Gasteiger partial charge in [-0.3, -0.25) is 14.5 Å². The number of aliphatic hydroxyl groups is 1. The van der Waals surface area contributed by atoms with Crippen molar-refractivity contribution in [1.82, 2.24) is 9.80 Å². The van der Waals surface area contributed by atoms with E-state index in [9.17, 15) is 19.8 Å². The highest BCUT2D eigenvalue weighted by Crippen LogP contribution is 2.43. The second-order valence-electron chi connectivity index (χ2n) is 9.64. The molecule has 3 aliphatic heterocycles. The minimum Gasteiger partial charge on any atom is -0.481 e. The number of ether oxygens (including phenoxy) is 4. The number of carbonyl (C=O) groups is 2. The van der Waals surface area contributed by atoms with E-state index >= 15 is 0 Å².